The first-order valence-electron chi connectivity index (χ1n) is 8.45. The van der Waals surface area contributed by atoms with E-state index in [4.69, 9.17) is 5.11 Å². The van der Waals surface area contributed by atoms with Gasteiger partial charge in [0, 0.05) is 63.4 Å². The molecule has 0 aliphatic carbocycles. The standard InChI is InChI=1S/C16H26N6O2/c23-9-8-22-12-15(10-18-22)11-19-4-6-20(7-5-19)13-16(24)14-21-3-1-2-17-21/h1-3,10,12,16,23-24H,4-9,11,13-14H2/t16-/m1/s1. The zero-order valence-electron chi connectivity index (χ0n) is 13.9. The number of hydrogen-bond donors (Lipinski definition) is 2. The Labute approximate surface area is 141 Å². The Bertz CT molecular complexity index is 591. The predicted molar refractivity (Wildman–Crippen MR) is 89.3 cm³/mol. The molecule has 1 aliphatic rings. The van der Waals surface area contributed by atoms with Gasteiger partial charge in [0.1, 0.15) is 0 Å². The molecule has 0 spiro atoms. The molecular formula is C16H26N6O2. The summed E-state index contributed by atoms with van der Waals surface area (Å²) < 4.78 is 3.54. The zero-order chi connectivity index (χ0) is 16.8. The molecule has 1 aliphatic heterocycles. The Morgan fingerprint density at radius 1 is 1.04 bits per heavy atom. The van der Waals surface area contributed by atoms with Crippen molar-refractivity contribution in [2.45, 2.75) is 25.7 Å². The Morgan fingerprint density at radius 2 is 1.83 bits per heavy atom. The van der Waals surface area contributed by atoms with Crippen molar-refractivity contribution in [3.8, 4) is 0 Å². The molecule has 3 heterocycles. The van der Waals surface area contributed by atoms with Crippen molar-refractivity contribution in [3.05, 3.63) is 36.4 Å². The van der Waals surface area contributed by atoms with Crippen molar-refractivity contribution in [2.75, 3.05) is 39.3 Å². The summed E-state index contributed by atoms with van der Waals surface area (Å²) in [5, 5.41) is 27.5. The molecule has 1 saturated heterocycles. The van der Waals surface area contributed by atoms with Crippen LogP contribution in [0.1, 0.15) is 5.56 Å². The molecule has 8 heteroatoms. The van der Waals surface area contributed by atoms with Crippen LogP contribution in [0, 0.1) is 0 Å². The van der Waals surface area contributed by atoms with E-state index in [9.17, 15) is 5.11 Å². The van der Waals surface area contributed by atoms with Crippen LogP contribution in [-0.4, -0.2) is 85.0 Å². The van der Waals surface area contributed by atoms with Crippen molar-refractivity contribution in [2.24, 2.45) is 0 Å². The fourth-order valence-electron chi connectivity index (χ4n) is 3.08. The van der Waals surface area contributed by atoms with E-state index < -0.39 is 6.10 Å². The van der Waals surface area contributed by atoms with E-state index in [2.05, 4.69) is 20.0 Å². The Kier molecular flexibility index (Phi) is 5.97. The number of aliphatic hydroxyl groups is 2. The molecule has 0 bridgehead atoms. The van der Waals surface area contributed by atoms with E-state index in [1.165, 1.54) is 5.56 Å². The first-order chi connectivity index (χ1) is 11.7. The normalized spacial score (nSPS) is 18.1. The van der Waals surface area contributed by atoms with Crippen molar-refractivity contribution in [1.29, 1.82) is 0 Å². The van der Waals surface area contributed by atoms with Crippen LogP contribution in [0.4, 0.5) is 0 Å². The van der Waals surface area contributed by atoms with Gasteiger partial charge in [-0.15, -0.1) is 0 Å². The lowest BCUT2D eigenvalue weighted by molar-refractivity contribution is 0.0605. The topological polar surface area (TPSA) is 82.6 Å². The van der Waals surface area contributed by atoms with Crippen LogP contribution >= 0.6 is 0 Å². The van der Waals surface area contributed by atoms with Gasteiger partial charge in [-0.25, -0.2) is 0 Å². The molecule has 0 radical (unpaired) electrons. The van der Waals surface area contributed by atoms with Gasteiger partial charge < -0.3 is 10.2 Å². The van der Waals surface area contributed by atoms with Gasteiger partial charge >= 0.3 is 0 Å². The van der Waals surface area contributed by atoms with Gasteiger partial charge in [-0.3, -0.25) is 19.2 Å². The molecule has 0 unspecified atom stereocenters. The van der Waals surface area contributed by atoms with Crippen LogP contribution in [-0.2, 0) is 19.6 Å². The number of rotatable bonds is 8. The Morgan fingerprint density at radius 3 is 2.54 bits per heavy atom. The molecule has 0 aromatic carbocycles. The molecule has 2 aromatic heterocycles. The molecule has 8 nitrogen and oxygen atoms in total. The Balaban J connectivity index is 1.38. The molecule has 0 saturated carbocycles. The third-order valence-electron chi connectivity index (χ3n) is 4.31. The van der Waals surface area contributed by atoms with Gasteiger partial charge in [0.25, 0.3) is 0 Å². The average Bonchev–Trinajstić information content (AvgIpc) is 3.22. The second-order valence-corrected chi connectivity index (χ2v) is 6.29. The lowest BCUT2D eigenvalue weighted by atomic mass is 10.2. The summed E-state index contributed by atoms with van der Waals surface area (Å²) in [5.41, 5.74) is 1.18. The van der Waals surface area contributed by atoms with Crippen molar-refractivity contribution in [1.82, 2.24) is 29.4 Å². The van der Waals surface area contributed by atoms with Crippen molar-refractivity contribution < 1.29 is 10.2 Å². The highest BCUT2D eigenvalue weighted by atomic mass is 16.3. The minimum atomic E-state index is -0.395. The first-order valence-corrected chi connectivity index (χ1v) is 8.45. The monoisotopic (exact) mass is 334 g/mol. The van der Waals surface area contributed by atoms with E-state index >= 15 is 0 Å². The molecular weight excluding hydrogens is 308 g/mol. The van der Waals surface area contributed by atoms with Crippen LogP contribution in [0.25, 0.3) is 0 Å². The summed E-state index contributed by atoms with van der Waals surface area (Å²) in [5.74, 6) is 0. The van der Waals surface area contributed by atoms with Crippen LogP contribution in [0.5, 0.6) is 0 Å². The number of piperazine rings is 1. The predicted octanol–water partition coefficient (Wildman–Crippen LogP) is -0.749. The van der Waals surface area contributed by atoms with Gasteiger partial charge in [-0.1, -0.05) is 0 Å². The van der Waals surface area contributed by atoms with Crippen molar-refractivity contribution >= 4 is 0 Å². The number of β-amino-alcohol motifs (C(OH)–C–C–N with tert-alkyl or cyclic N) is 1. The summed E-state index contributed by atoms with van der Waals surface area (Å²) >= 11 is 0. The highest BCUT2D eigenvalue weighted by Crippen LogP contribution is 2.09. The van der Waals surface area contributed by atoms with E-state index in [1.807, 2.05) is 24.7 Å². The molecule has 0 amide bonds. The summed E-state index contributed by atoms with van der Waals surface area (Å²) in [6.45, 7) is 6.65. The average molecular weight is 334 g/mol. The maximum Gasteiger partial charge on any atom is 0.0862 e. The molecule has 24 heavy (non-hydrogen) atoms. The molecule has 2 aromatic rings. The highest BCUT2D eigenvalue weighted by Gasteiger charge is 2.19. The summed E-state index contributed by atoms with van der Waals surface area (Å²) in [6.07, 6.45) is 7.08. The molecule has 2 N–H and O–H groups in total. The fourth-order valence-corrected chi connectivity index (χ4v) is 3.08. The smallest absolute Gasteiger partial charge is 0.0862 e. The lowest BCUT2D eigenvalue weighted by Gasteiger charge is -2.35. The quantitative estimate of drug-likeness (QED) is 0.661. The number of aliphatic hydroxyl groups excluding tert-OH is 2. The van der Waals surface area contributed by atoms with Crippen LogP contribution in [0.3, 0.4) is 0 Å². The van der Waals surface area contributed by atoms with E-state index in [1.54, 1.807) is 15.6 Å². The van der Waals surface area contributed by atoms with E-state index in [0.29, 0.717) is 19.6 Å². The molecule has 1 fully saturated rings. The summed E-state index contributed by atoms with van der Waals surface area (Å²) in [7, 11) is 0. The van der Waals surface area contributed by atoms with Gasteiger partial charge in [0.2, 0.25) is 0 Å². The lowest BCUT2D eigenvalue weighted by Crippen LogP contribution is -2.48. The first kappa shape index (κ1) is 17.1. The third-order valence-corrected chi connectivity index (χ3v) is 4.31. The third kappa shape index (κ3) is 4.88. The maximum atomic E-state index is 10.2. The second kappa shape index (κ2) is 8.39. The second-order valence-electron chi connectivity index (χ2n) is 6.29. The van der Waals surface area contributed by atoms with E-state index in [-0.39, 0.29) is 6.61 Å². The fraction of sp³-hybridized carbons (Fsp3) is 0.625. The molecule has 3 rings (SSSR count). The highest BCUT2D eigenvalue weighted by molar-refractivity contribution is 5.04. The molecule has 132 valence electrons. The van der Waals surface area contributed by atoms with Crippen LogP contribution in [0.15, 0.2) is 30.9 Å². The minimum absolute atomic E-state index is 0.112. The van der Waals surface area contributed by atoms with Gasteiger partial charge in [-0.05, 0) is 6.07 Å². The number of aromatic nitrogens is 4. The van der Waals surface area contributed by atoms with E-state index in [0.717, 1.165) is 32.7 Å². The minimum Gasteiger partial charge on any atom is -0.394 e. The summed E-state index contributed by atoms with van der Waals surface area (Å²) in [6, 6.07) is 1.87. The van der Waals surface area contributed by atoms with Crippen LogP contribution in [0.2, 0.25) is 0 Å². The van der Waals surface area contributed by atoms with Gasteiger partial charge in [0.05, 0.1) is 32.0 Å². The molecule has 1 atom stereocenters. The van der Waals surface area contributed by atoms with Gasteiger partial charge in [0.15, 0.2) is 0 Å². The zero-order valence-corrected chi connectivity index (χ0v) is 13.9. The number of hydrogen-bond acceptors (Lipinski definition) is 6. The van der Waals surface area contributed by atoms with Gasteiger partial charge in [-0.2, -0.15) is 10.2 Å². The number of nitrogens with zero attached hydrogens (tertiary/aromatic N) is 6. The Hall–Kier alpha value is -1.74. The maximum absolute atomic E-state index is 10.2. The largest absolute Gasteiger partial charge is 0.394 e. The van der Waals surface area contributed by atoms with Crippen molar-refractivity contribution in [3.63, 3.8) is 0 Å². The van der Waals surface area contributed by atoms with Crippen LogP contribution < -0.4 is 0 Å². The summed E-state index contributed by atoms with van der Waals surface area (Å²) in [4.78, 5) is 4.70. The SMILES string of the molecule is OCCn1cc(CN2CCN(C[C@@H](O)Cn3cccn3)CC2)cn1.